The first-order valence-corrected chi connectivity index (χ1v) is 13.3. The van der Waals surface area contributed by atoms with Gasteiger partial charge in [0.2, 0.25) is 17.6 Å². The molecule has 0 atom stereocenters. The van der Waals surface area contributed by atoms with E-state index < -0.39 is 5.41 Å². The first-order valence-electron chi connectivity index (χ1n) is 13.3. The molecule has 0 unspecified atom stereocenters. The van der Waals surface area contributed by atoms with Crippen LogP contribution in [0.25, 0.3) is 0 Å². The van der Waals surface area contributed by atoms with Gasteiger partial charge in [0.15, 0.2) is 0 Å². The minimum absolute atomic E-state index is 0.490. The zero-order valence-electron chi connectivity index (χ0n) is 22.4. The van der Waals surface area contributed by atoms with Crippen LogP contribution < -0.4 is 14.2 Å². The van der Waals surface area contributed by atoms with Gasteiger partial charge in [0.05, 0.1) is 0 Å². The molecule has 6 rings (SSSR count). The molecule has 6 heteroatoms. The number of aromatic nitrogens is 3. The van der Waals surface area contributed by atoms with Crippen molar-refractivity contribution in [2.75, 3.05) is 0 Å². The molecule has 6 nitrogen and oxygen atoms in total. The molecule has 0 bridgehead atoms. The maximum Gasteiger partial charge on any atom is 0.219 e. The van der Waals surface area contributed by atoms with Crippen molar-refractivity contribution in [2.45, 2.75) is 12.3 Å². The van der Waals surface area contributed by atoms with E-state index in [2.05, 4.69) is 58.3 Å². The van der Waals surface area contributed by atoms with Gasteiger partial charge in [0, 0.05) is 42.2 Å². The van der Waals surface area contributed by atoms with E-state index in [1.54, 1.807) is 18.6 Å². The monoisotopic (exact) mass is 537 g/mol. The lowest BCUT2D eigenvalue weighted by atomic mass is 9.71. The van der Waals surface area contributed by atoms with Crippen LogP contribution in [0.2, 0.25) is 0 Å². The minimum Gasteiger partial charge on any atom is -0.439 e. The Balaban J connectivity index is 1.33. The van der Waals surface area contributed by atoms with Crippen molar-refractivity contribution in [3.63, 3.8) is 0 Å². The van der Waals surface area contributed by atoms with Crippen LogP contribution in [0.5, 0.6) is 34.9 Å². The molecule has 0 fully saturated rings. The normalized spacial score (nSPS) is 11.0. The van der Waals surface area contributed by atoms with E-state index >= 15 is 0 Å². The fourth-order valence-electron chi connectivity index (χ4n) is 4.65. The second-order valence-electron chi connectivity index (χ2n) is 9.51. The van der Waals surface area contributed by atoms with Crippen molar-refractivity contribution < 1.29 is 14.2 Å². The van der Waals surface area contributed by atoms with Crippen molar-refractivity contribution in [3.05, 3.63) is 163 Å². The third kappa shape index (κ3) is 5.92. The van der Waals surface area contributed by atoms with Crippen LogP contribution in [0.1, 0.15) is 23.6 Å². The summed E-state index contributed by atoms with van der Waals surface area (Å²) in [5, 5.41) is 0. The zero-order chi connectivity index (χ0) is 27.9. The molecule has 3 heterocycles. The standard InChI is InChI=1S/C35H27N3O3/c1-35(26-11-17-29(18-12-26)39-32-8-2-5-23-36-32,27-13-19-30(20-14-27)40-33-9-3-6-24-37-33)28-15-21-31(22-16-28)41-34-10-4-7-25-38-34/h2-25H,1H3. The average molecular weight is 538 g/mol. The summed E-state index contributed by atoms with van der Waals surface area (Å²) in [7, 11) is 0. The Kier molecular flexibility index (Phi) is 7.36. The Morgan fingerprint density at radius 3 is 0.927 bits per heavy atom. The molecule has 3 aromatic carbocycles. The van der Waals surface area contributed by atoms with Crippen molar-refractivity contribution in [3.8, 4) is 34.9 Å². The number of nitrogens with zero attached hydrogens (tertiary/aromatic N) is 3. The lowest BCUT2D eigenvalue weighted by Gasteiger charge is -2.32. The van der Waals surface area contributed by atoms with Crippen molar-refractivity contribution in [1.82, 2.24) is 15.0 Å². The van der Waals surface area contributed by atoms with Gasteiger partial charge in [-0.2, -0.15) is 0 Å². The lowest BCUT2D eigenvalue weighted by molar-refractivity contribution is 0.462. The molecule has 0 saturated carbocycles. The van der Waals surface area contributed by atoms with Gasteiger partial charge < -0.3 is 14.2 Å². The Labute approximate surface area is 238 Å². The van der Waals surface area contributed by atoms with Crippen LogP contribution in [0.3, 0.4) is 0 Å². The third-order valence-corrected chi connectivity index (χ3v) is 6.88. The molecule has 0 amide bonds. The van der Waals surface area contributed by atoms with Crippen molar-refractivity contribution in [2.24, 2.45) is 0 Å². The van der Waals surface area contributed by atoms with Gasteiger partial charge in [-0.05, 0) is 78.2 Å². The maximum atomic E-state index is 5.95. The molecule has 0 saturated heterocycles. The Morgan fingerprint density at radius 2 is 0.683 bits per heavy atom. The van der Waals surface area contributed by atoms with Gasteiger partial charge in [0.25, 0.3) is 0 Å². The maximum absolute atomic E-state index is 5.95. The Hall–Kier alpha value is -5.49. The summed E-state index contributed by atoms with van der Waals surface area (Å²) >= 11 is 0. The Bertz CT molecular complexity index is 1470. The molecule has 200 valence electrons. The number of pyridine rings is 3. The van der Waals surface area contributed by atoms with Crippen LogP contribution in [-0.4, -0.2) is 15.0 Å². The molecule has 0 aliphatic heterocycles. The lowest BCUT2D eigenvalue weighted by Crippen LogP contribution is -2.25. The Morgan fingerprint density at radius 1 is 0.390 bits per heavy atom. The third-order valence-electron chi connectivity index (χ3n) is 6.88. The van der Waals surface area contributed by atoms with Crippen LogP contribution >= 0.6 is 0 Å². The van der Waals surface area contributed by atoms with Crippen LogP contribution in [0.15, 0.2) is 146 Å². The van der Waals surface area contributed by atoms with Crippen molar-refractivity contribution in [1.29, 1.82) is 0 Å². The molecule has 0 spiro atoms. The topological polar surface area (TPSA) is 66.4 Å². The van der Waals surface area contributed by atoms with Gasteiger partial charge in [0.1, 0.15) is 17.2 Å². The van der Waals surface area contributed by atoms with E-state index in [4.69, 9.17) is 14.2 Å². The molecular formula is C35H27N3O3. The molecule has 0 aliphatic carbocycles. The SMILES string of the molecule is CC(c1ccc(Oc2ccccn2)cc1)(c1ccc(Oc2ccccn2)cc1)c1ccc(Oc2ccccn2)cc1. The van der Waals surface area contributed by atoms with Crippen molar-refractivity contribution >= 4 is 0 Å². The highest BCUT2D eigenvalue weighted by Gasteiger charge is 2.31. The highest BCUT2D eigenvalue weighted by molar-refractivity contribution is 5.52. The van der Waals surface area contributed by atoms with Gasteiger partial charge in [-0.3, -0.25) is 0 Å². The molecule has 0 radical (unpaired) electrons. The van der Waals surface area contributed by atoms with E-state index in [9.17, 15) is 0 Å². The zero-order valence-corrected chi connectivity index (χ0v) is 22.4. The number of benzene rings is 3. The highest BCUT2D eigenvalue weighted by Crippen LogP contribution is 2.41. The van der Waals surface area contributed by atoms with Crippen LogP contribution in [-0.2, 0) is 5.41 Å². The summed E-state index contributed by atoms with van der Waals surface area (Å²) in [6.07, 6.45) is 5.13. The van der Waals surface area contributed by atoms with E-state index in [1.165, 1.54) is 0 Å². The number of ether oxygens (including phenoxy) is 3. The van der Waals surface area contributed by atoms with Crippen LogP contribution in [0.4, 0.5) is 0 Å². The van der Waals surface area contributed by atoms with Gasteiger partial charge >= 0.3 is 0 Å². The molecule has 0 N–H and O–H groups in total. The first-order chi connectivity index (χ1) is 20.2. The van der Waals surface area contributed by atoms with E-state index in [0.717, 1.165) is 16.7 Å². The predicted octanol–water partition coefficient (Wildman–Crippen LogP) is 8.60. The van der Waals surface area contributed by atoms with Gasteiger partial charge in [-0.1, -0.05) is 54.6 Å². The van der Waals surface area contributed by atoms with Gasteiger partial charge in [-0.25, -0.2) is 15.0 Å². The quantitative estimate of drug-likeness (QED) is 0.172. The van der Waals surface area contributed by atoms with E-state index in [0.29, 0.717) is 34.9 Å². The fourth-order valence-corrected chi connectivity index (χ4v) is 4.65. The van der Waals surface area contributed by atoms with E-state index in [1.807, 2.05) is 91.0 Å². The van der Waals surface area contributed by atoms with E-state index in [-0.39, 0.29) is 0 Å². The summed E-state index contributed by atoms with van der Waals surface area (Å²) in [6.45, 7) is 2.21. The summed E-state index contributed by atoms with van der Waals surface area (Å²) in [4.78, 5) is 12.8. The largest absolute Gasteiger partial charge is 0.439 e. The second-order valence-corrected chi connectivity index (χ2v) is 9.51. The highest BCUT2D eigenvalue weighted by atomic mass is 16.5. The second kappa shape index (κ2) is 11.7. The summed E-state index contributed by atoms with van der Waals surface area (Å²) in [5.74, 6) is 3.80. The molecule has 6 aromatic rings. The molecule has 0 aliphatic rings. The molecular weight excluding hydrogens is 510 g/mol. The first kappa shape index (κ1) is 25.8. The summed E-state index contributed by atoms with van der Waals surface area (Å²) in [6, 6.07) is 41.2. The molecule has 3 aromatic heterocycles. The number of rotatable bonds is 9. The predicted molar refractivity (Wildman–Crippen MR) is 158 cm³/mol. The summed E-state index contributed by atoms with van der Waals surface area (Å²) < 4.78 is 17.8. The summed E-state index contributed by atoms with van der Waals surface area (Å²) in [5.41, 5.74) is 2.81. The fraction of sp³-hybridized carbons (Fsp3) is 0.0571. The number of hydrogen-bond donors (Lipinski definition) is 0. The smallest absolute Gasteiger partial charge is 0.219 e. The molecule has 41 heavy (non-hydrogen) atoms. The van der Waals surface area contributed by atoms with Gasteiger partial charge in [-0.15, -0.1) is 0 Å². The average Bonchev–Trinajstić information content (AvgIpc) is 3.03. The van der Waals surface area contributed by atoms with Crippen LogP contribution in [0, 0.1) is 0 Å². The minimum atomic E-state index is -0.490. The number of hydrogen-bond acceptors (Lipinski definition) is 6.